The van der Waals surface area contributed by atoms with Gasteiger partial charge in [-0.3, -0.25) is 4.90 Å². The first-order valence-electron chi connectivity index (χ1n) is 9.93. The number of nitrogens with zero attached hydrogens (tertiary/aromatic N) is 3. The van der Waals surface area contributed by atoms with E-state index in [1.807, 2.05) is 0 Å². The molecular weight excluding hydrogens is 325 g/mol. The third-order valence-corrected chi connectivity index (χ3v) is 6.90. The fourth-order valence-electron chi connectivity index (χ4n) is 4.59. The maximum atomic E-state index is 6.21. The molecule has 5 nitrogen and oxygen atoms in total. The highest BCUT2D eigenvalue weighted by Gasteiger charge is 2.51. The lowest BCUT2D eigenvalue weighted by molar-refractivity contribution is 0.00578. The van der Waals surface area contributed by atoms with E-state index in [4.69, 9.17) is 14.3 Å². The Morgan fingerprint density at radius 1 is 1.08 bits per heavy atom. The lowest BCUT2D eigenvalue weighted by Gasteiger charge is -2.32. The summed E-state index contributed by atoms with van der Waals surface area (Å²) in [6.45, 7) is 11.8. The highest BCUT2D eigenvalue weighted by Crippen LogP contribution is 2.36. The molecule has 2 fully saturated rings. The van der Waals surface area contributed by atoms with Gasteiger partial charge in [0.15, 0.2) is 0 Å². The zero-order valence-corrected chi connectivity index (χ0v) is 16.3. The molecule has 2 aromatic rings. The van der Waals surface area contributed by atoms with E-state index in [0.29, 0.717) is 6.04 Å². The molecule has 1 atom stereocenters. The summed E-state index contributed by atoms with van der Waals surface area (Å²) in [5.41, 5.74) is 2.74. The SMILES string of the molecule is CC1(C)OB(c2ccc3c(c2)nc2n3CCN3CCCC3C2)OC1(C)C. The van der Waals surface area contributed by atoms with Gasteiger partial charge >= 0.3 is 7.12 Å². The number of rotatable bonds is 1. The van der Waals surface area contributed by atoms with Crippen LogP contribution in [0, 0.1) is 0 Å². The molecule has 0 aliphatic carbocycles. The van der Waals surface area contributed by atoms with Crippen LogP contribution in [0.25, 0.3) is 11.0 Å². The van der Waals surface area contributed by atoms with Gasteiger partial charge in [0.1, 0.15) is 5.82 Å². The normalized spacial score (nSPS) is 27.5. The fourth-order valence-corrected chi connectivity index (χ4v) is 4.59. The van der Waals surface area contributed by atoms with Crippen molar-refractivity contribution in [2.24, 2.45) is 0 Å². The van der Waals surface area contributed by atoms with Crippen molar-refractivity contribution >= 4 is 23.6 Å². The second-order valence-corrected chi connectivity index (χ2v) is 9.05. The van der Waals surface area contributed by atoms with Crippen molar-refractivity contribution in [2.75, 3.05) is 13.1 Å². The molecule has 5 rings (SSSR count). The van der Waals surface area contributed by atoms with Gasteiger partial charge in [-0.1, -0.05) is 6.07 Å². The van der Waals surface area contributed by atoms with Gasteiger partial charge < -0.3 is 13.9 Å². The molecule has 2 saturated heterocycles. The van der Waals surface area contributed by atoms with Crippen molar-refractivity contribution in [1.29, 1.82) is 0 Å². The van der Waals surface area contributed by atoms with Gasteiger partial charge in [-0.2, -0.15) is 0 Å². The van der Waals surface area contributed by atoms with Crippen molar-refractivity contribution in [3.63, 3.8) is 0 Å². The summed E-state index contributed by atoms with van der Waals surface area (Å²) >= 11 is 0. The summed E-state index contributed by atoms with van der Waals surface area (Å²) < 4.78 is 14.8. The largest absolute Gasteiger partial charge is 0.494 e. The van der Waals surface area contributed by atoms with E-state index in [0.717, 1.165) is 30.5 Å². The van der Waals surface area contributed by atoms with Crippen molar-refractivity contribution < 1.29 is 9.31 Å². The summed E-state index contributed by atoms with van der Waals surface area (Å²) in [5, 5.41) is 0. The predicted molar refractivity (Wildman–Crippen MR) is 104 cm³/mol. The number of aromatic nitrogens is 2. The zero-order valence-electron chi connectivity index (χ0n) is 16.3. The average molecular weight is 353 g/mol. The number of hydrogen-bond donors (Lipinski definition) is 0. The number of benzene rings is 1. The number of imidazole rings is 1. The topological polar surface area (TPSA) is 39.5 Å². The van der Waals surface area contributed by atoms with Gasteiger partial charge in [-0.05, 0) is 64.7 Å². The smallest absolute Gasteiger partial charge is 0.399 e. The van der Waals surface area contributed by atoms with Crippen LogP contribution in [0.2, 0.25) is 0 Å². The summed E-state index contributed by atoms with van der Waals surface area (Å²) in [7, 11) is -0.323. The average Bonchev–Trinajstić information content (AvgIpc) is 3.18. The quantitative estimate of drug-likeness (QED) is 0.738. The summed E-state index contributed by atoms with van der Waals surface area (Å²) in [6, 6.07) is 7.18. The van der Waals surface area contributed by atoms with Crippen LogP contribution in [0.1, 0.15) is 46.4 Å². The molecule has 0 spiro atoms. The molecule has 3 aliphatic rings. The molecule has 26 heavy (non-hydrogen) atoms. The molecule has 0 bridgehead atoms. The van der Waals surface area contributed by atoms with Crippen LogP contribution in [0.3, 0.4) is 0 Å². The maximum absolute atomic E-state index is 6.21. The first-order chi connectivity index (χ1) is 12.3. The number of hydrogen-bond acceptors (Lipinski definition) is 4. The molecule has 0 amide bonds. The Kier molecular flexibility index (Phi) is 3.59. The van der Waals surface area contributed by atoms with Crippen LogP contribution in [-0.4, -0.2) is 51.9 Å². The molecule has 6 heteroatoms. The van der Waals surface area contributed by atoms with Gasteiger partial charge in [0.2, 0.25) is 0 Å². The third kappa shape index (κ3) is 2.46. The van der Waals surface area contributed by atoms with Gasteiger partial charge in [-0.25, -0.2) is 4.98 Å². The summed E-state index contributed by atoms with van der Waals surface area (Å²) in [6.07, 6.45) is 3.71. The van der Waals surface area contributed by atoms with E-state index in [1.54, 1.807) is 0 Å². The van der Waals surface area contributed by atoms with E-state index in [-0.39, 0.29) is 18.3 Å². The second-order valence-electron chi connectivity index (χ2n) is 9.05. The van der Waals surface area contributed by atoms with E-state index in [9.17, 15) is 0 Å². The Morgan fingerprint density at radius 2 is 1.85 bits per heavy atom. The van der Waals surface area contributed by atoms with Gasteiger partial charge in [0, 0.05) is 25.6 Å². The van der Waals surface area contributed by atoms with Crippen molar-refractivity contribution in [3.05, 3.63) is 24.0 Å². The van der Waals surface area contributed by atoms with Crippen LogP contribution in [0.15, 0.2) is 18.2 Å². The minimum absolute atomic E-state index is 0.316. The van der Waals surface area contributed by atoms with Crippen LogP contribution in [0.5, 0.6) is 0 Å². The van der Waals surface area contributed by atoms with Gasteiger partial charge in [0.25, 0.3) is 0 Å². The molecule has 138 valence electrons. The van der Waals surface area contributed by atoms with Crippen molar-refractivity contribution in [1.82, 2.24) is 14.5 Å². The molecule has 3 aliphatic heterocycles. The van der Waals surface area contributed by atoms with Crippen LogP contribution < -0.4 is 5.46 Å². The Bertz CT molecular complexity index is 844. The molecule has 1 aromatic carbocycles. The Balaban J connectivity index is 1.49. The van der Waals surface area contributed by atoms with Crippen molar-refractivity contribution in [3.8, 4) is 0 Å². The van der Waals surface area contributed by atoms with Crippen LogP contribution in [-0.2, 0) is 22.3 Å². The molecular formula is C20H28BN3O2. The minimum Gasteiger partial charge on any atom is -0.399 e. The molecule has 0 saturated carbocycles. The van der Waals surface area contributed by atoms with Crippen molar-refractivity contribution in [2.45, 2.75) is 70.7 Å². The van der Waals surface area contributed by atoms with E-state index < -0.39 is 0 Å². The fraction of sp³-hybridized carbons (Fsp3) is 0.650. The predicted octanol–water partition coefficient (Wildman–Crippen LogP) is 2.36. The summed E-state index contributed by atoms with van der Waals surface area (Å²) in [4.78, 5) is 7.64. The Morgan fingerprint density at radius 3 is 2.62 bits per heavy atom. The van der Waals surface area contributed by atoms with Crippen LogP contribution in [0.4, 0.5) is 0 Å². The first kappa shape index (κ1) is 16.8. The standard InChI is InChI=1S/C20H28BN3O2/c1-19(2)20(3,4)26-21(25-19)14-7-8-17-16(12-14)22-18-13-15-6-5-9-23(15)10-11-24(17)18/h7-8,12,15H,5-6,9-11,13H2,1-4H3. The van der Waals surface area contributed by atoms with E-state index in [1.165, 1.54) is 30.7 Å². The molecule has 1 unspecified atom stereocenters. The lowest BCUT2D eigenvalue weighted by Crippen LogP contribution is -2.41. The lowest BCUT2D eigenvalue weighted by atomic mass is 9.79. The molecule has 0 N–H and O–H groups in total. The monoisotopic (exact) mass is 353 g/mol. The number of fused-ring (bicyclic) bond motifs is 4. The molecule has 4 heterocycles. The molecule has 0 radical (unpaired) electrons. The highest BCUT2D eigenvalue weighted by molar-refractivity contribution is 6.62. The van der Waals surface area contributed by atoms with Crippen LogP contribution >= 0.6 is 0 Å². The van der Waals surface area contributed by atoms with Gasteiger partial charge in [0.05, 0.1) is 22.2 Å². The highest BCUT2D eigenvalue weighted by atomic mass is 16.7. The second kappa shape index (κ2) is 5.57. The third-order valence-electron chi connectivity index (χ3n) is 6.90. The maximum Gasteiger partial charge on any atom is 0.494 e. The minimum atomic E-state index is -0.323. The first-order valence-corrected chi connectivity index (χ1v) is 9.93. The van der Waals surface area contributed by atoms with Gasteiger partial charge in [-0.15, -0.1) is 0 Å². The Hall–Kier alpha value is -1.37. The van der Waals surface area contributed by atoms with E-state index in [2.05, 4.69) is 55.4 Å². The van der Waals surface area contributed by atoms with E-state index >= 15 is 0 Å². The summed E-state index contributed by atoms with van der Waals surface area (Å²) in [5.74, 6) is 1.24. The Labute approximate surface area is 155 Å². The zero-order chi connectivity index (χ0) is 18.1. The molecule has 1 aromatic heterocycles.